The zero-order valence-corrected chi connectivity index (χ0v) is 16.4. The Labute approximate surface area is 162 Å². The molecule has 27 heavy (non-hydrogen) atoms. The van der Waals surface area contributed by atoms with Crippen LogP contribution in [0.25, 0.3) is 0 Å². The first-order valence-electron chi connectivity index (χ1n) is 10.2. The van der Waals surface area contributed by atoms with Gasteiger partial charge in [-0.25, -0.2) is 0 Å². The van der Waals surface area contributed by atoms with Gasteiger partial charge in [0.15, 0.2) is 0 Å². The quantitative estimate of drug-likeness (QED) is 0.839. The lowest BCUT2D eigenvalue weighted by atomic mass is 9.54. The third-order valence-corrected chi connectivity index (χ3v) is 6.86. The number of benzene rings is 2. The van der Waals surface area contributed by atoms with E-state index in [0.29, 0.717) is 18.3 Å². The highest BCUT2D eigenvalue weighted by Gasteiger charge is 2.52. The second kappa shape index (κ2) is 7.65. The number of nitrogens with one attached hydrogen (secondary N) is 1. The highest BCUT2D eigenvalue weighted by atomic mass is 16.5. The molecule has 2 N–H and O–H groups in total. The molecule has 0 aromatic heterocycles. The number of rotatable bonds is 5. The maximum Gasteiger partial charge on any atom is 0.119 e. The van der Waals surface area contributed by atoms with Gasteiger partial charge in [0.2, 0.25) is 0 Å². The summed E-state index contributed by atoms with van der Waals surface area (Å²) in [7, 11) is 1.70. The van der Waals surface area contributed by atoms with Crippen LogP contribution < -0.4 is 10.1 Å². The fraction of sp³-hybridized carbons (Fsp3) is 0.500. The highest BCUT2D eigenvalue weighted by molar-refractivity contribution is 5.37. The fourth-order valence-electron chi connectivity index (χ4n) is 5.39. The molecule has 0 spiro atoms. The van der Waals surface area contributed by atoms with E-state index < -0.39 is 5.60 Å². The van der Waals surface area contributed by atoms with Crippen LogP contribution in [0.15, 0.2) is 48.5 Å². The molecule has 4 rings (SSSR count). The number of aryl methyl sites for hydroxylation is 1. The van der Waals surface area contributed by atoms with Crippen LogP contribution in [-0.4, -0.2) is 25.3 Å². The van der Waals surface area contributed by atoms with Gasteiger partial charge in [0.25, 0.3) is 0 Å². The molecule has 3 heteroatoms. The molecule has 144 valence electrons. The van der Waals surface area contributed by atoms with Crippen molar-refractivity contribution in [1.29, 1.82) is 0 Å². The van der Waals surface area contributed by atoms with Gasteiger partial charge in [-0.3, -0.25) is 0 Å². The summed E-state index contributed by atoms with van der Waals surface area (Å²) in [6.45, 7) is 4.31. The van der Waals surface area contributed by atoms with E-state index in [4.69, 9.17) is 4.74 Å². The minimum Gasteiger partial charge on any atom is -0.497 e. The fourth-order valence-corrected chi connectivity index (χ4v) is 5.39. The van der Waals surface area contributed by atoms with Gasteiger partial charge in [0.05, 0.1) is 12.7 Å². The van der Waals surface area contributed by atoms with Crippen LogP contribution in [0.1, 0.15) is 36.0 Å². The molecule has 0 radical (unpaired) electrons. The van der Waals surface area contributed by atoms with Crippen LogP contribution in [0.3, 0.4) is 0 Å². The minimum atomic E-state index is -0.830. The van der Waals surface area contributed by atoms with Crippen molar-refractivity contribution in [3.63, 3.8) is 0 Å². The van der Waals surface area contributed by atoms with Crippen molar-refractivity contribution >= 4 is 0 Å². The molecule has 0 amide bonds. The number of aliphatic hydroxyl groups is 1. The zero-order chi connectivity index (χ0) is 18.9. The number of hydrogen-bond acceptors (Lipinski definition) is 3. The first kappa shape index (κ1) is 18.5. The normalized spacial score (nSPS) is 27.0. The smallest absolute Gasteiger partial charge is 0.119 e. The van der Waals surface area contributed by atoms with Crippen molar-refractivity contribution in [2.24, 2.45) is 17.8 Å². The highest BCUT2D eigenvalue weighted by Crippen LogP contribution is 2.54. The molecule has 1 aliphatic heterocycles. The van der Waals surface area contributed by atoms with Crippen LogP contribution in [0.5, 0.6) is 5.75 Å². The van der Waals surface area contributed by atoms with E-state index in [1.807, 2.05) is 12.1 Å². The summed E-state index contributed by atoms with van der Waals surface area (Å²) < 4.78 is 5.41. The van der Waals surface area contributed by atoms with Gasteiger partial charge in [-0.05, 0) is 85.9 Å². The van der Waals surface area contributed by atoms with Crippen molar-refractivity contribution in [3.05, 3.63) is 65.2 Å². The van der Waals surface area contributed by atoms with Crippen LogP contribution in [0.4, 0.5) is 0 Å². The molecular weight excluding hydrogens is 334 g/mol. The summed E-state index contributed by atoms with van der Waals surface area (Å²) in [6, 6.07) is 16.5. The maximum absolute atomic E-state index is 12.2. The lowest BCUT2D eigenvalue weighted by molar-refractivity contribution is -0.120. The van der Waals surface area contributed by atoms with Crippen molar-refractivity contribution in [3.8, 4) is 5.75 Å². The van der Waals surface area contributed by atoms with Gasteiger partial charge < -0.3 is 15.2 Å². The van der Waals surface area contributed by atoms with Gasteiger partial charge >= 0.3 is 0 Å². The Morgan fingerprint density at radius 3 is 2.74 bits per heavy atom. The van der Waals surface area contributed by atoms with E-state index >= 15 is 0 Å². The van der Waals surface area contributed by atoms with E-state index in [2.05, 4.69) is 48.6 Å². The van der Waals surface area contributed by atoms with Gasteiger partial charge in [-0.2, -0.15) is 0 Å². The van der Waals surface area contributed by atoms with Gasteiger partial charge in [0.1, 0.15) is 5.75 Å². The predicted octanol–water partition coefficient (Wildman–Crippen LogP) is 4.07. The number of hydrogen-bond donors (Lipinski definition) is 2. The van der Waals surface area contributed by atoms with Crippen LogP contribution in [-0.2, 0) is 12.0 Å². The van der Waals surface area contributed by atoms with Crippen LogP contribution >= 0.6 is 0 Å². The Balaban J connectivity index is 1.70. The summed E-state index contributed by atoms with van der Waals surface area (Å²) in [4.78, 5) is 0. The van der Waals surface area contributed by atoms with Gasteiger partial charge in [-0.1, -0.05) is 36.4 Å². The molecule has 1 saturated carbocycles. The standard InChI is InChI=1S/C24H31NO2/c1-17-6-3-4-9-22(17)24(26,16-18-7-5-8-20(14-18)27-2)23-15-19-10-12-25-13-11-21(19)23/h3-9,14,19,21,23,25-26H,10-13,15-16H2,1-2H3. The van der Waals surface area contributed by atoms with E-state index in [1.54, 1.807) is 7.11 Å². The number of fused-ring (bicyclic) bond motifs is 1. The first-order chi connectivity index (χ1) is 13.1. The van der Waals surface area contributed by atoms with E-state index in [-0.39, 0.29) is 0 Å². The molecule has 0 bridgehead atoms. The van der Waals surface area contributed by atoms with E-state index in [9.17, 15) is 5.11 Å². The molecule has 2 aromatic carbocycles. The monoisotopic (exact) mass is 365 g/mol. The first-order valence-corrected chi connectivity index (χ1v) is 10.2. The third-order valence-electron chi connectivity index (χ3n) is 6.86. The van der Waals surface area contributed by atoms with Crippen molar-refractivity contribution < 1.29 is 9.84 Å². The molecule has 2 fully saturated rings. The van der Waals surface area contributed by atoms with Crippen molar-refractivity contribution in [1.82, 2.24) is 5.32 Å². The Hall–Kier alpha value is -1.84. The summed E-state index contributed by atoms with van der Waals surface area (Å²) in [5.74, 6) is 2.53. The molecule has 1 saturated heterocycles. The Morgan fingerprint density at radius 1 is 1.11 bits per heavy atom. The summed E-state index contributed by atoms with van der Waals surface area (Å²) in [5.41, 5.74) is 2.57. The molecule has 2 aliphatic rings. The van der Waals surface area contributed by atoms with E-state index in [1.165, 1.54) is 18.4 Å². The molecule has 4 atom stereocenters. The van der Waals surface area contributed by atoms with Crippen LogP contribution in [0.2, 0.25) is 0 Å². The third kappa shape index (κ3) is 3.51. The number of ether oxygens (including phenoxy) is 1. The average Bonchev–Trinajstić information content (AvgIpc) is 2.83. The lowest BCUT2D eigenvalue weighted by Gasteiger charge is -2.53. The molecule has 2 aromatic rings. The minimum absolute atomic E-state index is 0.315. The second-order valence-electron chi connectivity index (χ2n) is 8.36. The molecular formula is C24H31NO2. The second-order valence-corrected chi connectivity index (χ2v) is 8.36. The SMILES string of the molecule is COc1cccc(CC(O)(c2ccccc2C)C2CC3CCNCCC32)c1. The Bertz CT molecular complexity index is 789. The topological polar surface area (TPSA) is 41.5 Å². The van der Waals surface area contributed by atoms with Gasteiger partial charge in [0, 0.05) is 6.42 Å². The zero-order valence-electron chi connectivity index (χ0n) is 16.4. The predicted molar refractivity (Wildman–Crippen MR) is 109 cm³/mol. The van der Waals surface area contributed by atoms with Crippen LogP contribution in [0, 0.1) is 24.7 Å². The largest absolute Gasteiger partial charge is 0.497 e. The van der Waals surface area contributed by atoms with Crippen molar-refractivity contribution in [2.45, 2.75) is 38.2 Å². The van der Waals surface area contributed by atoms with Gasteiger partial charge in [-0.15, -0.1) is 0 Å². The summed E-state index contributed by atoms with van der Waals surface area (Å²) in [5, 5.41) is 15.7. The lowest BCUT2D eigenvalue weighted by Crippen LogP contribution is -2.51. The average molecular weight is 366 g/mol. The molecule has 1 heterocycles. The molecule has 3 nitrogen and oxygen atoms in total. The number of methoxy groups -OCH3 is 1. The van der Waals surface area contributed by atoms with Crippen molar-refractivity contribution in [2.75, 3.05) is 20.2 Å². The maximum atomic E-state index is 12.2. The van der Waals surface area contributed by atoms with E-state index in [0.717, 1.165) is 42.3 Å². The summed E-state index contributed by atoms with van der Waals surface area (Å²) in [6.07, 6.45) is 4.17. The Kier molecular flexibility index (Phi) is 5.25. The summed E-state index contributed by atoms with van der Waals surface area (Å²) >= 11 is 0. The Morgan fingerprint density at radius 2 is 1.93 bits per heavy atom. The molecule has 1 aliphatic carbocycles. The molecule has 4 unspecified atom stereocenters.